The number of anilines is 1. The van der Waals surface area contributed by atoms with Gasteiger partial charge in [-0.15, -0.1) is 5.10 Å². The molecule has 6 heteroatoms. The van der Waals surface area contributed by atoms with Crippen LogP contribution in [-0.4, -0.2) is 26.1 Å². The fourth-order valence-electron chi connectivity index (χ4n) is 1.63. The second-order valence-corrected chi connectivity index (χ2v) is 4.29. The van der Waals surface area contributed by atoms with Crippen LogP contribution < -0.4 is 5.73 Å². The number of aromatic nitrogens is 3. The lowest BCUT2D eigenvalue weighted by Gasteiger charge is -2.07. The van der Waals surface area contributed by atoms with Crippen molar-refractivity contribution in [2.75, 3.05) is 5.73 Å². The van der Waals surface area contributed by atoms with Gasteiger partial charge in [0.15, 0.2) is 5.82 Å². The van der Waals surface area contributed by atoms with Gasteiger partial charge in [0.05, 0.1) is 5.69 Å². The number of aromatic carboxylic acids is 1. The summed E-state index contributed by atoms with van der Waals surface area (Å²) in [5.74, 6) is -0.723. The molecule has 0 saturated carbocycles. The zero-order chi connectivity index (χ0) is 13.3. The standard InChI is InChI=1S/C12H14N4O2/c1-7(2)8-3-5-9(6-4-8)16-11(13)10(12(17)18)14-15-16/h3-7H,13H2,1-2H3,(H,17,18). The van der Waals surface area contributed by atoms with Crippen molar-refractivity contribution in [3.8, 4) is 5.69 Å². The predicted octanol–water partition coefficient (Wildman–Crippen LogP) is 1.67. The highest BCUT2D eigenvalue weighted by molar-refractivity contribution is 5.90. The van der Waals surface area contributed by atoms with Gasteiger partial charge in [-0.05, 0) is 23.6 Å². The van der Waals surface area contributed by atoms with E-state index in [0.29, 0.717) is 11.6 Å². The van der Waals surface area contributed by atoms with Crippen LogP contribution in [0, 0.1) is 0 Å². The van der Waals surface area contributed by atoms with Gasteiger partial charge in [0, 0.05) is 0 Å². The third-order valence-electron chi connectivity index (χ3n) is 2.71. The van der Waals surface area contributed by atoms with Gasteiger partial charge in [0.2, 0.25) is 5.69 Å². The van der Waals surface area contributed by atoms with E-state index in [1.54, 1.807) is 0 Å². The normalized spacial score (nSPS) is 10.8. The molecule has 1 aromatic carbocycles. The third-order valence-corrected chi connectivity index (χ3v) is 2.71. The topological polar surface area (TPSA) is 94.0 Å². The van der Waals surface area contributed by atoms with Crippen molar-refractivity contribution in [3.63, 3.8) is 0 Å². The van der Waals surface area contributed by atoms with E-state index in [0.717, 1.165) is 0 Å². The van der Waals surface area contributed by atoms with E-state index >= 15 is 0 Å². The summed E-state index contributed by atoms with van der Waals surface area (Å²) in [6.45, 7) is 4.20. The Kier molecular flexibility index (Phi) is 3.01. The first-order chi connectivity index (χ1) is 8.50. The summed E-state index contributed by atoms with van der Waals surface area (Å²) in [5.41, 5.74) is 7.34. The van der Waals surface area contributed by atoms with Crippen molar-refractivity contribution >= 4 is 11.8 Å². The minimum absolute atomic E-state index is 0.0276. The lowest BCUT2D eigenvalue weighted by molar-refractivity contribution is 0.0691. The highest BCUT2D eigenvalue weighted by atomic mass is 16.4. The van der Waals surface area contributed by atoms with Gasteiger partial charge in [-0.25, -0.2) is 4.79 Å². The van der Waals surface area contributed by atoms with E-state index in [9.17, 15) is 4.79 Å². The molecule has 0 unspecified atom stereocenters. The molecule has 18 heavy (non-hydrogen) atoms. The molecule has 2 rings (SSSR count). The van der Waals surface area contributed by atoms with E-state index in [1.165, 1.54) is 10.2 Å². The fraction of sp³-hybridized carbons (Fsp3) is 0.250. The number of carbonyl (C=O) groups is 1. The number of nitrogen functional groups attached to an aromatic ring is 1. The quantitative estimate of drug-likeness (QED) is 0.859. The average molecular weight is 246 g/mol. The molecule has 0 bridgehead atoms. The number of nitrogens with two attached hydrogens (primary N) is 1. The van der Waals surface area contributed by atoms with E-state index in [1.807, 2.05) is 24.3 Å². The first-order valence-electron chi connectivity index (χ1n) is 5.55. The molecule has 0 amide bonds. The van der Waals surface area contributed by atoms with Crippen LogP contribution in [0.25, 0.3) is 5.69 Å². The van der Waals surface area contributed by atoms with Crippen molar-refractivity contribution in [2.24, 2.45) is 0 Å². The van der Waals surface area contributed by atoms with Crippen molar-refractivity contribution in [3.05, 3.63) is 35.5 Å². The molecule has 0 aliphatic heterocycles. The van der Waals surface area contributed by atoms with E-state index in [4.69, 9.17) is 10.8 Å². The summed E-state index contributed by atoms with van der Waals surface area (Å²) >= 11 is 0. The Morgan fingerprint density at radius 3 is 2.39 bits per heavy atom. The molecule has 0 fully saturated rings. The number of nitrogens with zero attached hydrogens (tertiary/aromatic N) is 3. The van der Waals surface area contributed by atoms with Crippen LogP contribution in [0.4, 0.5) is 5.82 Å². The summed E-state index contributed by atoms with van der Waals surface area (Å²) in [6.07, 6.45) is 0. The lowest BCUT2D eigenvalue weighted by atomic mass is 10.0. The molecular weight excluding hydrogens is 232 g/mol. The largest absolute Gasteiger partial charge is 0.476 e. The number of hydrogen-bond acceptors (Lipinski definition) is 4. The molecule has 0 spiro atoms. The van der Waals surface area contributed by atoms with Crippen LogP contribution in [0.1, 0.15) is 35.8 Å². The fourth-order valence-corrected chi connectivity index (χ4v) is 1.63. The van der Waals surface area contributed by atoms with Gasteiger partial charge >= 0.3 is 5.97 Å². The molecule has 94 valence electrons. The Bertz CT molecular complexity index is 572. The van der Waals surface area contributed by atoms with E-state index < -0.39 is 5.97 Å². The van der Waals surface area contributed by atoms with Crippen molar-refractivity contribution < 1.29 is 9.90 Å². The molecule has 1 aromatic heterocycles. The molecule has 0 aliphatic carbocycles. The minimum atomic E-state index is -1.18. The SMILES string of the molecule is CC(C)c1ccc(-n2nnc(C(=O)O)c2N)cc1. The van der Waals surface area contributed by atoms with Crippen LogP contribution in [0.15, 0.2) is 24.3 Å². The maximum atomic E-state index is 10.8. The van der Waals surface area contributed by atoms with Crippen LogP contribution in [0.2, 0.25) is 0 Å². The third kappa shape index (κ3) is 2.04. The number of hydrogen-bond donors (Lipinski definition) is 2. The van der Waals surface area contributed by atoms with Crippen LogP contribution in [0.3, 0.4) is 0 Å². The number of carboxylic acids is 1. The van der Waals surface area contributed by atoms with Gasteiger partial charge in [0.25, 0.3) is 0 Å². The van der Waals surface area contributed by atoms with Gasteiger partial charge in [-0.3, -0.25) is 0 Å². The Morgan fingerprint density at radius 1 is 1.33 bits per heavy atom. The smallest absolute Gasteiger partial charge is 0.360 e. The minimum Gasteiger partial charge on any atom is -0.476 e. The lowest BCUT2D eigenvalue weighted by Crippen LogP contribution is -2.06. The summed E-state index contributed by atoms with van der Waals surface area (Å²) < 4.78 is 1.31. The Hall–Kier alpha value is -2.37. The van der Waals surface area contributed by atoms with Gasteiger partial charge in [-0.2, -0.15) is 4.68 Å². The van der Waals surface area contributed by atoms with Gasteiger partial charge in [-0.1, -0.05) is 31.2 Å². The summed E-state index contributed by atoms with van der Waals surface area (Å²) in [7, 11) is 0. The summed E-state index contributed by atoms with van der Waals surface area (Å²) in [5, 5.41) is 16.1. The van der Waals surface area contributed by atoms with Crippen molar-refractivity contribution in [1.29, 1.82) is 0 Å². The molecule has 2 aromatic rings. The molecule has 0 saturated heterocycles. The Morgan fingerprint density at radius 2 is 1.94 bits per heavy atom. The molecule has 6 nitrogen and oxygen atoms in total. The Labute approximate surface area is 104 Å². The zero-order valence-electron chi connectivity index (χ0n) is 10.2. The molecule has 3 N–H and O–H groups in total. The first kappa shape index (κ1) is 12.1. The molecule has 0 aliphatic rings. The first-order valence-corrected chi connectivity index (χ1v) is 5.55. The summed E-state index contributed by atoms with van der Waals surface area (Å²) in [4.78, 5) is 10.8. The second-order valence-electron chi connectivity index (χ2n) is 4.29. The maximum Gasteiger partial charge on any atom is 0.360 e. The molecule has 0 radical (unpaired) electrons. The van der Waals surface area contributed by atoms with E-state index in [-0.39, 0.29) is 11.5 Å². The van der Waals surface area contributed by atoms with Crippen LogP contribution >= 0.6 is 0 Å². The van der Waals surface area contributed by atoms with Crippen molar-refractivity contribution in [1.82, 2.24) is 15.0 Å². The molecule has 1 heterocycles. The van der Waals surface area contributed by atoms with Crippen molar-refractivity contribution in [2.45, 2.75) is 19.8 Å². The molecule has 0 atom stereocenters. The maximum absolute atomic E-state index is 10.8. The van der Waals surface area contributed by atoms with Crippen LogP contribution in [0.5, 0.6) is 0 Å². The number of carboxylic acid groups (broad SMARTS) is 1. The number of benzene rings is 1. The average Bonchev–Trinajstić information content (AvgIpc) is 2.71. The second kappa shape index (κ2) is 4.48. The number of rotatable bonds is 3. The highest BCUT2D eigenvalue weighted by Crippen LogP contribution is 2.19. The van der Waals surface area contributed by atoms with Crippen LogP contribution in [-0.2, 0) is 0 Å². The zero-order valence-corrected chi connectivity index (χ0v) is 10.2. The predicted molar refractivity (Wildman–Crippen MR) is 66.8 cm³/mol. The monoisotopic (exact) mass is 246 g/mol. The molecular formula is C12H14N4O2. The summed E-state index contributed by atoms with van der Waals surface area (Å²) in [6, 6.07) is 7.60. The van der Waals surface area contributed by atoms with Gasteiger partial charge < -0.3 is 10.8 Å². The van der Waals surface area contributed by atoms with E-state index in [2.05, 4.69) is 24.2 Å². The highest BCUT2D eigenvalue weighted by Gasteiger charge is 2.16. The van der Waals surface area contributed by atoms with Gasteiger partial charge in [0.1, 0.15) is 0 Å². The Balaban J connectivity index is 2.40.